The van der Waals surface area contributed by atoms with Gasteiger partial charge in [0.25, 0.3) is 0 Å². The molecule has 0 aliphatic rings. The Morgan fingerprint density at radius 3 is 2.53 bits per heavy atom. The summed E-state index contributed by atoms with van der Waals surface area (Å²) in [5, 5.41) is 2.85. The van der Waals surface area contributed by atoms with Crippen molar-refractivity contribution in [3.05, 3.63) is 71.3 Å². The number of rotatable bonds is 4. The molecular weight excluding hydrogens is 244 g/mol. The zero-order chi connectivity index (χ0) is 13.7. The minimum absolute atomic E-state index is 0.181. The summed E-state index contributed by atoms with van der Waals surface area (Å²) in [7, 11) is 0. The number of hydrogen-bond donors (Lipinski definition) is 1. The van der Waals surface area contributed by atoms with Crippen LogP contribution in [0.2, 0.25) is 0 Å². The van der Waals surface area contributed by atoms with Crippen molar-refractivity contribution >= 4 is 11.8 Å². The molecule has 0 aromatic heterocycles. The van der Waals surface area contributed by atoms with Gasteiger partial charge in [-0.2, -0.15) is 0 Å². The first-order valence-corrected chi connectivity index (χ1v) is 6.08. The highest BCUT2D eigenvalue weighted by Crippen LogP contribution is 2.18. The van der Waals surface area contributed by atoms with Crippen LogP contribution in [0.4, 0.5) is 14.5 Å². The predicted octanol–water partition coefficient (Wildman–Crippen LogP) is 4.40. The molecule has 0 saturated carbocycles. The molecule has 0 fully saturated rings. The number of benzene rings is 2. The zero-order valence-corrected chi connectivity index (χ0v) is 10.7. The van der Waals surface area contributed by atoms with Crippen molar-refractivity contribution in [3.8, 4) is 0 Å². The molecule has 0 aliphatic heterocycles. The number of halogens is 2. The van der Waals surface area contributed by atoms with Gasteiger partial charge in [0, 0.05) is 12.6 Å². The molecule has 3 heteroatoms. The molecule has 2 aromatic carbocycles. The monoisotopic (exact) mass is 259 g/mol. The first kappa shape index (κ1) is 13.3. The maximum atomic E-state index is 13.5. The third kappa shape index (κ3) is 3.65. The zero-order valence-electron chi connectivity index (χ0n) is 10.7. The van der Waals surface area contributed by atoms with Gasteiger partial charge in [-0.3, -0.25) is 0 Å². The van der Waals surface area contributed by atoms with E-state index in [1.165, 1.54) is 19.1 Å². The van der Waals surface area contributed by atoms with E-state index in [9.17, 15) is 8.78 Å². The fourth-order valence-electron chi connectivity index (χ4n) is 1.71. The predicted molar refractivity (Wildman–Crippen MR) is 75.1 cm³/mol. The van der Waals surface area contributed by atoms with Crippen LogP contribution in [0.1, 0.15) is 11.1 Å². The van der Waals surface area contributed by atoms with Gasteiger partial charge in [-0.05, 0) is 24.1 Å². The van der Waals surface area contributed by atoms with E-state index >= 15 is 0 Å². The van der Waals surface area contributed by atoms with Crippen LogP contribution in [0.3, 0.4) is 0 Å². The second kappa shape index (κ2) is 6.14. The van der Waals surface area contributed by atoms with Crippen LogP contribution in [-0.4, -0.2) is 6.54 Å². The fourth-order valence-corrected chi connectivity index (χ4v) is 1.71. The second-order valence-corrected chi connectivity index (χ2v) is 4.28. The van der Waals surface area contributed by atoms with Gasteiger partial charge in [0.1, 0.15) is 11.6 Å². The molecule has 0 saturated heterocycles. The molecule has 0 spiro atoms. The summed E-state index contributed by atoms with van der Waals surface area (Å²) in [6.07, 6.45) is 3.79. The average molecular weight is 259 g/mol. The van der Waals surface area contributed by atoms with E-state index in [0.717, 1.165) is 5.56 Å². The van der Waals surface area contributed by atoms with Gasteiger partial charge in [0.2, 0.25) is 0 Å². The second-order valence-electron chi connectivity index (χ2n) is 4.28. The van der Waals surface area contributed by atoms with Crippen molar-refractivity contribution in [2.75, 3.05) is 11.9 Å². The molecule has 0 atom stereocenters. The summed E-state index contributed by atoms with van der Waals surface area (Å²) in [6, 6.07) is 12.2. The lowest BCUT2D eigenvalue weighted by Crippen LogP contribution is -2.02. The SMILES string of the molecule is Cc1cc(F)c(NC/C=C/c2ccccc2)cc1F. The van der Waals surface area contributed by atoms with Crippen molar-refractivity contribution in [2.24, 2.45) is 0 Å². The smallest absolute Gasteiger partial charge is 0.146 e. The van der Waals surface area contributed by atoms with E-state index in [1.54, 1.807) is 0 Å². The van der Waals surface area contributed by atoms with Crippen LogP contribution >= 0.6 is 0 Å². The molecule has 2 rings (SSSR count). The Balaban J connectivity index is 1.96. The molecule has 0 amide bonds. The number of aryl methyl sites for hydroxylation is 1. The van der Waals surface area contributed by atoms with Crippen molar-refractivity contribution in [2.45, 2.75) is 6.92 Å². The van der Waals surface area contributed by atoms with Crippen LogP contribution in [0.25, 0.3) is 6.08 Å². The van der Waals surface area contributed by atoms with Crippen LogP contribution in [-0.2, 0) is 0 Å². The quantitative estimate of drug-likeness (QED) is 0.858. The maximum Gasteiger partial charge on any atom is 0.146 e. The van der Waals surface area contributed by atoms with E-state index in [0.29, 0.717) is 12.1 Å². The summed E-state index contributed by atoms with van der Waals surface area (Å²) in [5.74, 6) is -0.844. The summed E-state index contributed by atoms with van der Waals surface area (Å²) >= 11 is 0. The Labute approximate surface area is 111 Å². The lowest BCUT2D eigenvalue weighted by Gasteiger charge is -2.06. The van der Waals surface area contributed by atoms with Gasteiger partial charge in [-0.25, -0.2) is 8.78 Å². The summed E-state index contributed by atoms with van der Waals surface area (Å²) < 4.78 is 26.8. The van der Waals surface area contributed by atoms with Gasteiger partial charge >= 0.3 is 0 Å². The molecule has 0 radical (unpaired) electrons. The lowest BCUT2D eigenvalue weighted by atomic mass is 10.2. The molecule has 19 heavy (non-hydrogen) atoms. The Hall–Kier alpha value is -2.16. The number of hydrogen-bond acceptors (Lipinski definition) is 1. The van der Waals surface area contributed by atoms with Gasteiger partial charge in [0.05, 0.1) is 5.69 Å². The number of anilines is 1. The molecule has 1 N–H and O–H groups in total. The minimum Gasteiger partial charge on any atom is -0.379 e. The van der Waals surface area contributed by atoms with Gasteiger partial charge < -0.3 is 5.32 Å². The topological polar surface area (TPSA) is 12.0 Å². The molecule has 0 aliphatic carbocycles. The molecular formula is C16H15F2N. The van der Waals surface area contributed by atoms with Gasteiger partial charge in [-0.1, -0.05) is 42.5 Å². The van der Waals surface area contributed by atoms with Crippen LogP contribution < -0.4 is 5.32 Å². The highest BCUT2D eigenvalue weighted by molar-refractivity contribution is 5.51. The highest BCUT2D eigenvalue weighted by atomic mass is 19.1. The fraction of sp³-hybridized carbons (Fsp3) is 0.125. The summed E-state index contributed by atoms with van der Waals surface area (Å²) in [5.41, 5.74) is 1.56. The average Bonchev–Trinajstić information content (AvgIpc) is 2.41. The van der Waals surface area contributed by atoms with Crippen LogP contribution in [0.5, 0.6) is 0 Å². The van der Waals surface area contributed by atoms with E-state index in [2.05, 4.69) is 5.32 Å². The Morgan fingerprint density at radius 2 is 1.79 bits per heavy atom. The third-order valence-corrected chi connectivity index (χ3v) is 2.77. The standard InChI is InChI=1S/C16H15F2N/c1-12-10-15(18)16(11-14(12)17)19-9-5-8-13-6-3-2-4-7-13/h2-8,10-11,19H,9H2,1H3/b8-5+. The maximum absolute atomic E-state index is 13.5. The molecule has 98 valence electrons. The first-order chi connectivity index (χ1) is 9.16. The first-order valence-electron chi connectivity index (χ1n) is 6.08. The third-order valence-electron chi connectivity index (χ3n) is 2.77. The van der Waals surface area contributed by atoms with Gasteiger partial charge in [-0.15, -0.1) is 0 Å². The van der Waals surface area contributed by atoms with E-state index in [4.69, 9.17) is 0 Å². The minimum atomic E-state index is -0.438. The molecule has 0 heterocycles. The Morgan fingerprint density at radius 1 is 1.05 bits per heavy atom. The van der Waals surface area contributed by atoms with Crippen molar-refractivity contribution in [3.63, 3.8) is 0 Å². The lowest BCUT2D eigenvalue weighted by molar-refractivity contribution is 0.595. The van der Waals surface area contributed by atoms with Crippen LogP contribution in [0, 0.1) is 18.6 Å². The van der Waals surface area contributed by atoms with E-state index in [1.807, 2.05) is 42.5 Å². The van der Waals surface area contributed by atoms with Gasteiger partial charge in [0.15, 0.2) is 0 Å². The van der Waals surface area contributed by atoms with Crippen LogP contribution in [0.15, 0.2) is 48.5 Å². The molecule has 2 aromatic rings. The summed E-state index contributed by atoms with van der Waals surface area (Å²) in [4.78, 5) is 0. The normalized spacial score (nSPS) is 10.9. The number of nitrogens with one attached hydrogen (secondary N) is 1. The van der Waals surface area contributed by atoms with Crippen molar-refractivity contribution < 1.29 is 8.78 Å². The molecule has 0 bridgehead atoms. The van der Waals surface area contributed by atoms with E-state index in [-0.39, 0.29) is 5.69 Å². The van der Waals surface area contributed by atoms with Crippen molar-refractivity contribution in [1.29, 1.82) is 0 Å². The molecule has 0 unspecified atom stereocenters. The molecule has 1 nitrogen and oxygen atoms in total. The largest absolute Gasteiger partial charge is 0.379 e. The Kier molecular flexibility index (Phi) is 4.29. The highest BCUT2D eigenvalue weighted by Gasteiger charge is 2.05. The van der Waals surface area contributed by atoms with Crippen molar-refractivity contribution in [1.82, 2.24) is 0 Å². The summed E-state index contributed by atoms with van der Waals surface area (Å²) in [6.45, 7) is 1.98. The Bertz CT molecular complexity index is 577. The van der Waals surface area contributed by atoms with E-state index < -0.39 is 11.6 Å².